The second kappa shape index (κ2) is 5.15. The molecule has 19 heavy (non-hydrogen) atoms. The summed E-state index contributed by atoms with van der Waals surface area (Å²) in [5, 5.41) is 5.98. The number of aryl methyl sites for hydroxylation is 1. The van der Waals surface area contributed by atoms with Gasteiger partial charge in [-0.2, -0.15) is 0 Å². The van der Waals surface area contributed by atoms with Crippen molar-refractivity contribution in [3.05, 3.63) is 17.1 Å². The number of carbonyl (C=O) groups excluding carboxylic acids is 1. The molecule has 0 aromatic carbocycles. The van der Waals surface area contributed by atoms with Gasteiger partial charge in [-0.25, -0.2) is 9.97 Å². The molecule has 1 saturated carbocycles. The molecule has 3 rings (SSSR count). The number of anilines is 1. The van der Waals surface area contributed by atoms with E-state index in [0.29, 0.717) is 19.0 Å². The van der Waals surface area contributed by atoms with Crippen LogP contribution in [0.2, 0.25) is 0 Å². The quantitative estimate of drug-likeness (QED) is 0.839. The van der Waals surface area contributed by atoms with E-state index in [4.69, 9.17) is 0 Å². The Morgan fingerprint density at radius 1 is 1.32 bits per heavy atom. The molecule has 2 aliphatic carbocycles. The van der Waals surface area contributed by atoms with Gasteiger partial charge in [0.25, 0.3) is 0 Å². The molecule has 1 heterocycles. The summed E-state index contributed by atoms with van der Waals surface area (Å²) in [6.07, 6.45) is 5.63. The summed E-state index contributed by atoms with van der Waals surface area (Å²) in [7, 11) is 0. The minimum absolute atomic E-state index is 0.0147. The predicted molar refractivity (Wildman–Crippen MR) is 73.2 cm³/mol. The Morgan fingerprint density at radius 3 is 2.89 bits per heavy atom. The normalized spacial score (nSPS) is 17.1. The van der Waals surface area contributed by atoms with E-state index >= 15 is 0 Å². The minimum atomic E-state index is 0.0147. The van der Waals surface area contributed by atoms with Crippen molar-refractivity contribution in [2.75, 3.05) is 18.4 Å². The van der Waals surface area contributed by atoms with E-state index in [0.717, 1.165) is 30.9 Å². The maximum atomic E-state index is 11.5. The number of amides is 1. The van der Waals surface area contributed by atoms with Gasteiger partial charge < -0.3 is 10.6 Å². The van der Waals surface area contributed by atoms with Gasteiger partial charge in [0.15, 0.2) is 0 Å². The van der Waals surface area contributed by atoms with E-state index in [1.165, 1.54) is 24.1 Å². The van der Waals surface area contributed by atoms with Crippen molar-refractivity contribution in [2.24, 2.45) is 0 Å². The monoisotopic (exact) mass is 260 g/mol. The molecule has 2 aliphatic rings. The van der Waals surface area contributed by atoms with Crippen LogP contribution >= 0.6 is 0 Å². The smallest absolute Gasteiger partial charge is 0.239 e. The van der Waals surface area contributed by atoms with Crippen LogP contribution in [-0.2, 0) is 17.6 Å². The first-order chi connectivity index (χ1) is 9.28. The van der Waals surface area contributed by atoms with E-state index in [9.17, 15) is 4.79 Å². The maximum absolute atomic E-state index is 11.5. The largest absolute Gasteiger partial charge is 0.361 e. The summed E-state index contributed by atoms with van der Waals surface area (Å²) >= 11 is 0. The van der Waals surface area contributed by atoms with Crippen LogP contribution in [0.25, 0.3) is 0 Å². The van der Waals surface area contributed by atoms with Crippen LogP contribution in [0, 0.1) is 0 Å². The number of carbonyl (C=O) groups is 1. The molecule has 0 unspecified atom stereocenters. The second-order valence-corrected chi connectivity index (χ2v) is 5.29. The Bertz CT molecular complexity index is 496. The van der Waals surface area contributed by atoms with Gasteiger partial charge in [-0.15, -0.1) is 0 Å². The van der Waals surface area contributed by atoms with Crippen molar-refractivity contribution in [3.8, 4) is 0 Å². The van der Waals surface area contributed by atoms with Crippen LogP contribution in [0.5, 0.6) is 0 Å². The van der Waals surface area contributed by atoms with E-state index in [2.05, 4.69) is 20.6 Å². The third-order valence-corrected chi connectivity index (χ3v) is 3.68. The number of likely N-dealkylation sites (N-methyl/N-ethyl adjacent to an activating group) is 1. The number of nitrogens with one attached hydrogen (secondary N) is 2. The molecule has 0 bridgehead atoms. The average Bonchev–Trinajstić information content (AvgIpc) is 3.14. The molecule has 0 aliphatic heterocycles. The third kappa shape index (κ3) is 2.69. The van der Waals surface area contributed by atoms with Crippen molar-refractivity contribution in [1.82, 2.24) is 15.3 Å². The summed E-state index contributed by atoms with van der Waals surface area (Å²) < 4.78 is 0. The van der Waals surface area contributed by atoms with Crippen LogP contribution in [0.3, 0.4) is 0 Å². The van der Waals surface area contributed by atoms with Crippen molar-refractivity contribution in [3.63, 3.8) is 0 Å². The summed E-state index contributed by atoms with van der Waals surface area (Å²) in [6, 6.07) is 0. The van der Waals surface area contributed by atoms with Crippen molar-refractivity contribution < 1.29 is 4.79 Å². The highest BCUT2D eigenvalue weighted by atomic mass is 16.1. The molecule has 5 heteroatoms. The molecule has 0 radical (unpaired) electrons. The molecule has 1 amide bonds. The molecule has 2 N–H and O–H groups in total. The summed E-state index contributed by atoms with van der Waals surface area (Å²) in [5.74, 6) is 2.42. The number of rotatable bonds is 5. The van der Waals surface area contributed by atoms with Gasteiger partial charge in [-0.05, 0) is 39.0 Å². The Hall–Kier alpha value is -1.65. The van der Waals surface area contributed by atoms with Crippen LogP contribution in [0.15, 0.2) is 0 Å². The molecule has 0 atom stereocenters. The van der Waals surface area contributed by atoms with E-state index in [-0.39, 0.29) is 5.91 Å². The van der Waals surface area contributed by atoms with Crippen LogP contribution in [-0.4, -0.2) is 29.0 Å². The van der Waals surface area contributed by atoms with E-state index in [1.807, 2.05) is 6.92 Å². The molecular weight excluding hydrogens is 240 g/mol. The fourth-order valence-corrected chi connectivity index (χ4v) is 2.55. The Kier molecular flexibility index (Phi) is 3.36. The fourth-order valence-electron chi connectivity index (χ4n) is 2.55. The second-order valence-electron chi connectivity index (χ2n) is 5.29. The molecule has 0 saturated heterocycles. The highest BCUT2D eigenvalue weighted by molar-refractivity contribution is 5.80. The molecule has 1 aromatic rings. The number of fused-ring (bicyclic) bond motifs is 1. The molecule has 1 aromatic heterocycles. The molecule has 102 valence electrons. The summed E-state index contributed by atoms with van der Waals surface area (Å²) in [6.45, 7) is 2.88. The Morgan fingerprint density at radius 2 is 2.16 bits per heavy atom. The lowest BCUT2D eigenvalue weighted by Crippen LogP contribution is -2.30. The van der Waals surface area contributed by atoms with Crippen molar-refractivity contribution >= 4 is 11.7 Å². The van der Waals surface area contributed by atoms with Gasteiger partial charge in [0.1, 0.15) is 11.6 Å². The highest BCUT2D eigenvalue weighted by Gasteiger charge is 2.29. The SMILES string of the molecule is CCNC(=O)CNc1nc(C2CC2)nc2c1CCC2. The topological polar surface area (TPSA) is 66.9 Å². The van der Waals surface area contributed by atoms with Gasteiger partial charge >= 0.3 is 0 Å². The lowest BCUT2D eigenvalue weighted by atomic mass is 10.2. The first kappa shape index (κ1) is 12.4. The van der Waals surface area contributed by atoms with Crippen molar-refractivity contribution in [2.45, 2.75) is 44.9 Å². The van der Waals surface area contributed by atoms with Crippen LogP contribution in [0.1, 0.15) is 49.2 Å². The lowest BCUT2D eigenvalue weighted by molar-refractivity contribution is -0.119. The average molecular weight is 260 g/mol. The Balaban J connectivity index is 1.77. The highest BCUT2D eigenvalue weighted by Crippen LogP contribution is 2.40. The predicted octanol–water partition coefficient (Wildman–Crippen LogP) is 1.39. The first-order valence-corrected chi connectivity index (χ1v) is 7.18. The first-order valence-electron chi connectivity index (χ1n) is 7.18. The van der Waals surface area contributed by atoms with Crippen LogP contribution < -0.4 is 10.6 Å². The number of nitrogens with zero attached hydrogens (tertiary/aromatic N) is 2. The number of hydrogen-bond acceptors (Lipinski definition) is 4. The summed E-state index contributed by atoms with van der Waals surface area (Å²) in [4.78, 5) is 20.9. The van der Waals surface area contributed by atoms with Gasteiger partial charge in [-0.1, -0.05) is 0 Å². The minimum Gasteiger partial charge on any atom is -0.361 e. The summed E-state index contributed by atoms with van der Waals surface area (Å²) in [5.41, 5.74) is 2.41. The van der Waals surface area contributed by atoms with E-state index < -0.39 is 0 Å². The zero-order chi connectivity index (χ0) is 13.2. The number of hydrogen-bond donors (Lipinski definition) is 2. The van der Waals surface area contributed by atoms with Crippen LogP contribution in [0.4, 0.5) is 5.82 Å². The van der Waals surface area contributed by atoms with Crippen molar-refractivity contribution in [1.29, 1.82) is 0 Å². The van der Waals surface area contributed by atoms with Gasteiger partial charge in [-0.3, -0.25) is 4.79 Å². The van der Waals surface area contributed by atoms with Gasteiger partial charge in [0.05, 0.1) is 6.54 Å². The molecule has 5 nitrogen and oxygen atoms in total. The standard InChI is InChI=1S/C14H20N4O/c1-2-15-12(19)8-16-14-10-4-3-5-11(10)17-13(18-14)9-6-7-9/h9H,2-8H2,1H3,(H,15,19)(H,16,17,18). The molecule has 1 fully saturated rings. The lowest BCUT2D eigenvalue weighted by Gasteiger charge is -2.11. The molecular formula is C14H20N4O. The maximum Gasteiger partial charge on any atom is 0.239 e. The zero-order valence-electron chi connectivity index (χ0n) is 11.3. The fraction of sp³-hybridized carbons (Fsp3) is 0.643. The van der Waals surface area contributed by atoms with Gasteiger partial charge in [0.2, 0.25) is 5.91 Å². The zero-order valence-corrected chi connectivity index (χ0v) is 11.3. The molecule has 0 spiro atoms. The van der Waals surface area contributed by atoms with E-state index in [1.54, 1.807) is 0 Å². The van der Waals surface area contributed by atoms with Gasteiger partial charge in [0, 0.05) is 23.7 Å². The third-order valence-electron chi connectivity index (χ3n) is 3.68. The number of aromatic nitrogens is 2. The Labute approximate surface area is 113 Å².